The van der Waals surface area contributed by atoms with Crippen molar-refractivity contribution in [3.63, 3.8) is 0 Å². The molecule has 0 amide bonds. The van der Waals surface area contributed by atoms with E-state index in [-0.39, 0.29) is 0 Å². The van der Waals surface area contributed by atoms with Gasteiger partial charge in [-0.2, -0.15) is 0 Å². The number of carboxylic acids is 1. The van der Waals surface area contributed by atoms with Crippen LogP contribution in [-0.4, -0.2) is 34.6 Å². The van der Waals surface area contributed by atoms with E-state index in [1.54, 1.807) is 0 Å². The molecule has 1 aliphatic heterocycles. The molecule has 1 fully saturated rings. The average Bonchev–Trinajstić information content (AvgIpc) is 2.14. The molecule has 3 nitrogen and oxygen atoms in total. The molecule has 15 heavy (non-hydrogen) atoms. The van der Waals surface area contributed by atoms with Crippen LogP contribution < -0.4 is 0 Å². The molecule has 0 bridgehead atoms. The standard InChI is InChI=1S/C12H23NO2/c1-5-12(4,11(14)15)13-7-9(2)6-10(3)8-13/h9-10H,5-8H2,1-4H3,(H,14,15)/t9-,10-,12-/m1/s1. The maximum atomic E-state index is 11.3. The highest BCUT2D eigenvalue weighted by Crippen LogP contribution is 2.29. The first-order chi connectivity index (χ1) is 6.90. The fourth-order valence-electron chi connectivity index (χ4n) is 2.58. The average molecular weight is 213 g/mol. The minimum absolute atomic E-state index is 0.610. The summed E-state index contributed by atoms with van der Waals surface area (Å²) in [4.78, 5) is 13.5. The third-order valence-corrected chi connectivity index (χ3v) is 3.72. The van der Waals surface area contributed by atoms with Crippen LogP contribution >= 0.6 is 0 Å². The van der Waals surface area contributed by atoms with Crippen LogP contribution in [0, 0.1) is 11.8 Å². The fraction of sp³-hybridized carbons (Fsp3) is 0.917. The van der Waals surface area contributed by atoms with Crippen LogP contribution in [0.5, 0.6) is 0 Å². The zero-order valence-electron chi connectivity index (χ0n) is 10.3. The van der Waals surface area contributed by atoms with E-state index in [2.05, 4.69) is 18.7 Å². The zero-order chi connectivity index (χ0) is 11.6. The number of carbonyl (C=O) groups is 1. The third kappa shape index (κ3) is 2.51. The summed E-state index contributed by atoms with van der Waals surface area (Å²) in [5.41, 5.74) is -0.678. The van der Waals surface area contributed by atoms with Crippen LogP contribution in [0.4, 0.5) is 0 Å². The second-order valence-electron chi connectivity index (χ2n) is 5.28. The molecule has 1 rings (SSSR count). The summed E-state index contributed by atoms with van der Waals surface area (Å²) in [6.45, 7) is 10.1. The van der Waals surface area contributed by atoms with Crippen molar-refractivity contribution in [3.8, 4) is 0 Å². The van der Waals surface area contributed by atoms with Crippen molar-refractivity contribution in [2.24, 2.45) is 11.8 Å². The Morgan fingerprint density at radius 3 is 2.20 bits per heavy atom. The Labute approximate surface area is 92.5 Å². The first-order valence-corrected chi connectivity index (χ1v) is 5.88. The highest BCUT2D eigenvalue weighted by Gasteiger charge is 2.40. The van der Waals surface area contributed by atoms with E-state index < -0.39 is 11.5 Å². The van der Waals surface area contributed by atoms with E-state index in [0.29, 0.717) is 18.3 Å². The van der Waals surface area contributed by atoms with Crippen molar-refractivity contribution >= 4 is 5.97 Å². The Bertz CT molecular complexity index is 232. The minimum Gasteiger partial charge on any atom is -0.480 e. The molecule has 1 saturated heterocycles. The van der Waals surface area contributed by atoms with Crippen molar-refractivity contribution in [3.05, 3.63) is 0 Å². The molecule has 0 aromatic heterocycles. The first kappa shape index (κ1) is 12.5. The predicted molar refractivity (Wildman–Crippen MR) is 60.8 cm³/mol. The number of hydrogen-bond donors (Lipinski definition) is 1. The molecule has 0 aliphatic carbocycles. The molecule has 3 heteroatoms. The Morgan fingerprint density at radius 2 is 1.87 bits per heavy atom. The lowest BCUT2D eigenvalue weighted by molar-refractivity contribution is -0.152. The molecular weight excluding hydrogens is 190 g/mol. The van der Waals surface area contributed by atoms with Gasteiger partial charge in [0.15, 0.2) is 0 Å². The van der Waals surface area contributed by atoms with Crippen molar-refractivity contribution in [2.75, 3.05) is 13.1 Å². The van der Waals surface area contributed by atoms with E-state index in [1.807, 2.05) is 13.8 Å². The van der Waals surface area contributed by atoms with Crippen molar-refractivity contribution in [2.45, 2.75) is 46.1 Å². The van der Waals surface area contributed by atoms with Gasteiger partial charge in [-0.05, 0) is 31.6 Å². The first-order valence-electron chi connectivity index (χ1n) is 5.88. The van der Waals surface area contributed by atoms with Gasteiger partial charge in [0.2, 0.25) is 0 Å². The van der Waals surface area contributed by atoms with Gasteiger partial charge in [0.25, 0.3) is 0 Å². The summed E-state index contributed by atoms with van der Waals surface area (Å²) in [7, 11) is 0. The summed E-state index contributed by atoms with van der Waals surface area (Å²) >= 11 is 0. The van der Waals surface area contributed by atoms with E-state index in [4.69, 9.17) is 0 Å². The molecule has 0 saturated carbocycles. The Kier molecular flexibility index (Phi) is 3.77. The van der Waals surface area contributed by atoms with Gasteiger partial charge in [-0.25, -0.2) is 0 Å². The molecule has 0 unspecified atom stereocenters. The van der Waals surface area contributed by atoms with E-state index in [0.717, 1.165) is 13.1 Å². The van der Waals surface area contributed by atoms with Crippen molar-refractivity contribution < 1.29 is 9.90 Å². The number of rotatable bonds is 3. The summed E-state index contributed by atoms with van der Waals surface area (Å²) < 4.78 is 0. The van der Waals surface area contributed by atoms with Gasteiger partial charge in [-0.1, -0.05) is 20.8 Å². The maximum absolute atomic E-state index is 11.3. The molecule has 0 aromatic carbocycles. The molecule has 1 heterocycles. The van der Waals surface area contributed by atoms with Crippen LogP contribution in [0.15, 0.2) is 0 Å². The van der Waals surface area contributed by atoms with E-state index >= 15 is 0 Å². The van der Waals surface area contributed by atoms with Crippen LogP contribution in [0.3, 0.4) is 0 Å². The number of piperidine rings is 1. The van der Waals surface area contributed by atoms with Crippen LogP contribution in [-0.2, 0) is 4.79 Å². The lowest BCUT2D eigenvalue weighted by Crippen LogP contribution is -2.56. The highest BCUT2D eigenvalue weighted by atomic mass is 16.4. The van der Waals surface area contributed by atoms with Gasteiger partial charge in [0.1, 0.15) is 5.54 Å². The number of aliphatic carboxylic acids is 1. The summed E-state index contributed by atoms with van der Waals surface area (Å²) in [5.74, 6) is 0.532. The molecule has 88 valence electrons. The van der Waals surface area contributed by atoms with Gasteiger partial charge in [-0.3, -0.25) is 9.69 Å². The van der Waals surface area contributed by atoms with Gasteiger partial charge in [0.05, 0.1) is 0 Å². The lowest BCUT2D eigenvalue weighted by atomic mass is 9.86. The monoisotopic (exact) mass is 213 g/mol. The van der Waals surface area contributed by atoms with Crippen LogP contribution in [0.1, 0.15) is 40.5 Å². The number of likely N-dealkylation sites (tertiary alicyclic amines) is 1. The number of hydrogen-bond acceptors (Lipinski definition) is 2. The second kappa shape index (κ2) is 4.52. The summed E-state index contributed by atoms with van der Waals surface area (Å²) in [5, 5.41) is 9.32. The van der Waals surface area contributed by atoms with Crippen LogP contribution in [0.25, 0.3) is 0 Å². The molecule has 1 N–H and O–H groups in total. The molecule has 0 spiro atoms. The third-order valence-electron chi connectivity index (χ3n) is 3.72. The smallest absolute Gasteiger partial charge is 0.323 e. The fourth-order valence-corrected chi connectivity index (χ4v) is 2.58. The largest absolute Gasteiger partial charge is 0.480 e. The summed E-state index contributed by atoms with van der Waals surface area (Å²) in [6.07, 6.45) is 1.89. The van der Waals surface area contributed by atoms with Gasteiger partial charge in [0, 0.05) is 13.1 Å². The molecule has 3 atom stereocenters. The molecular formula is C12H23NO2. The quantitative estimate of drug-likeness (QED) is 0.781. The minimum atomic E-state index is -0.689. The van der Waals surface area contributed by atoms with E-state index in [9.17, 15) is 9.90 Å². The van der Waals surface area contributed by atoms with Gasteiger partial charge >= 0.3 is 5.97 Å². The molecule has 1 aliphatic rings. The normalized spacial score (nSPS) is 32.3. The van der Waals surface area contributed by atoms with E-state index in [1.165, 1.54) is 6.42 Å². The Balaban J connectivity index is 2.80. The zero-order valence-corrected chi connectivity index (χ0v) is 10.3. The lowest BCUT2D eigenvalue weighted by Gasteiger charge is -2.44. The van der Waals surface area contributed by atoms with Crippen molar-refractivity contribution in [1.82, 2.24) is 4.90 Å². The number of carboxylic acid groups (broad SMARTS) is 1. The Hall–Kier alpha value is -0.570. The van der Waals surface area contributed by atoms with Crippen molar-refractivity contribution in [1.29, 1.82) is 0 Å². The molecule has 0 radical (unpaired) electrons. The highest BCUT2D eigenvalue weighted by molar-refractivity contribution is 5.78. The summed E-state index contributed by atoms with van der Waals surface area (Å²) in [6, 6.07) is 0. The van der Waals surface area contributed by atoms with Gasteiger partial charge < -0.3 is 5.11 Å². The Morgan fingerprint density at radius 1 is 1.40 bits per heavy atom. The SMILES string of the molecule is CC[C@](C)(C(=O)O)N1C[C@H](C)C[C@@H](C)C1. The predicted octanol–water partition coefficient (Wildman–Crippen LogP) is 2.22. The maximum Gasteiger partial charge on any atom is 0.323 e. The molecule has 0 aromatic rings. The van der Waals surface area contributed by atoms with Crippen LogP contribution in [0.2, 0.25) is 0 Å². The topological polar surface area (TPSA) is 40.5 Å². The second-order valence-corrected chi connectivity index (χ2v) is 5.28. The number of nitrogens with zero attached hydrogens (tertiary/aromatic N) is 1. The van der Waals surface area contributed by atoms with Gasteiger partial charge in [-0.15, -0.1) is 0 Å².